The van der Waals surface area contributed by atoms with Gasteiger partial charge in [-0.15, -0.1) is 0 Å². The molecule has 32 heavy (non-hydrogen) atoms. The Morgan fingerprint density at radius 2 is 2.09 bits per heavy atom. The Kier molecular flexibility index (Phi) is 5.06. The van der Waals surface area contributed by atoms with Gasteiger partial charge in [0.1, 0.15) is 23.3 Å². The van der Waals surface area contributed by atoms with E-state index in [1.54, 1.807) is 13.1 Å². The number of carbonyl (C=O) groups excluding carboxylic acids is 3. The number of nitrogens with zero attached hydrogens (tertiary/aromatic N) is 4. The molecule has 1 aliphatic carbocycles. The second kappa shape index (κ2) is 7.73. The first kappa shape index (κ1) is 20.9. The molecule has 4 rings (SSSR count). The Morgan fingerprint density at radius 3 is 2.72 bits per heavy atom. The zero-order valence-electron chi connectivity index (χ0n) is 17.1. The molecular formula is C21H18FN7O3. The number of nitriles is 1. The minimum absolute atomic E-state index is 0.0376. The van der Waals surface area contributed by atoms with Crippen LogP contribution in [0.2, 0.25) is 0 Å². The predicted molar refractivity (Wildman–Crippen MR) is 109 cm³/mol. The van der Waals surface area contributed by atoms with E-state index in [0.717, 1.165) is 6.07 Å². The molecule has 2 atom stereocenters. The summed E-state index contributed by atoms with van der Waals surface area (Å²) in [5, 5.41) is 24.5. The summed E-state index contributed by atoms with van der Waals surface area (Å²) in [5.74, 6) is -2.80. The molecule has 1 aliphatic rings. The molecule has 162 valence electrons. The zero-order chi connectivity index (χ0) is 23.0. The molecule has 2 heterocycles. The third kappa shape index (κ3) is 3.62. The first-order valence-corrected chi connectivity index (χ1v) is 9.65. The number of aromatic amines is 1. The summed E-state index contributed by atoms with van der Waals surface area (Å²) in [6.45, 7) is 1.93. The van der Waals surface area contributed by atoms with Crippen LogP contribution in [-0.4, -0.2) is 37.6 Å². The maximum atomic E-state index is 13.5. The topological polar surface area (TPSA) is 146 Å². The van der Waals surface area contributed by atoms with Gasteiger partial charge in [0.05, 0.1) is 17.3 Å². The first-order valence-electron chi connectivity index (χ1n) is 9.65. The maximum absolute atomic E-state index is 13.5. The summed E-state index contributed by atoms with van der Waals surface area (Å²) in [5.41, 5.74) is -0.0362. The second-order valence-corrected chi connectivity index (χ2v) is 7.70. The molecule has 2 aromatic heterocycles. The van der Waals surface area contributed by atoms with Gasteiger partial charge in [-0.2, -0.15) is 20.7 Å². The molecular weight excluding hydrogens is 417 g/mol. The number of H-pyrrole nitrogens is 1. The number of nitrogens with one attached hydrogen (secondary N) is 3. The van der Waals surface area contributed by atoms with Gasteiger partial charge in [0.2, 0.25) is 0 Å². The van der Waals surface area contributed by atoms with Crippen LogP contribution in [-0.2, 0) is 17.4 Å². The van der Waals surface area contributed by atoms with Crippen LogP contribution in [0.3, 0.4) is 0 Å². The van der Waals surface area contributed by atoms with Crippen LogP contribution >= 0.6 is 0 Å². The summed E-state index contributed by atoms with van der Waals surface area (Å²) >= 11 is 0. The average molecular weight is 435 g/mol. The van der Waals surface area contributed by atoms with Crippen LogP contribution < -0.4 is 10.6 Å². The molecule has 10 nitrogen and oxygen atoms in total. The van der Waals surface area contributed by atoms with Crippen molar-refractivity contribution in [2.45, 2.75) is 18.9 Å². The van der Waals surface area contributed by atoms with Gasteiger partial charge < -0.3 is 15.2 Å². The fourth-order valence-electron chi connectivity index (χ4n) is 3.62. The number of anilines is 1. The Labute approximate surface area is 181 Å². The lowest BCUT2D eigenvalue weighted by Crippen LogP contribution is -2.40. The highest BCUT2D eigenvalue weighted by atomic mass is 19.1. The molecule has 1 aromatic carbocycles. The third-order valence-electron chi connectivity index (χ3n) is 5.57. The molecule has 2 amide bonds. The zero-order valence-corrected chi connectivity index (χ0v) is 17.1. The Balaban J connectivity index is 1.49. The highest BCUT2D eigenvalue weighted by Gasteiger charge is 2.56. The van der Waals surface area contributed by atoms with E-state index < -0.39 is 29.0 Å². The van der Waals surface area contributed by atoms with Crippen molar-refractivity contribution in [1.82, 2.24) is 25.3 Å². The van der Waals surface area contributed by atoms with E-state index in [-0.39, 0.29) is 28.4 Å². The van der Waals surface area contributed by atoms with Crippen LogP contribution in [0.25, 0.3) is 0 Å². The number of aryl methyl sites for hydroxylation is 1. The van der Waals surface area contributed by atoms with E-state index in [4.69, 9.17) is 5.26 Å². The van der Waals surface area contributed by atoms with Crippen molar-refractivity contribution in [2.24, 2.45) is 13.0 Å². The van der Waals surface area contributed by atoms with Gasteiger partial charge in [0.15, 0.2) is 0 Å². The van der Waals surface area contributed by atoms with E-state index >= 15 is 0 Å². The molecule has 0 aliphatic heterocycles. The normalized spacial score (nSPS) is 19.1. The van der Waals surface area contributed by atoms with Gasteiger partial charge in [-0.05, 0) is 36.6 Å². The number of benzene rings is 1. The predicted octanol–water partition coefficient (Wildman–Crippen LogP) is 1.64. The van der Waals surface area contributed by atoms with Crippen molar-refractivity contribution in [3.05, 3.63) is 65.0 Å². The van der Waals surface area contributed by atoms with Crippen molar-refractivity contribution in [1.29, 1.82) is 5.26 Å². The lowest BCUT2D eigenvalue weighted by molar-refractivity contribution is -0.118. The molecule has 0 spiro atoms. The van der Waals surface area contributed by atoms with E-state index in [0.29, 0.717) is 12.1 Å². The van der Waals surface area contributed by atoms with Gasteiger partial charge >= 0.3 is 0 Å². The summed E-state index contributed by atoms with van der Waals surface area (Å²) in [7, 11) is 1.55. The molecule has 11 heteroatoms. The largest absolute Gasteiger partial charge is 0.346 e. The Morgan fingerprint density at radius 1 is 1.34 bits per heavy atom. The molecule has 0 bridgehead atoms. The highest BCUT2D eigenvalue weighted by molar-refractivity contribution is 6.43. The second-order valence-electron chi connectivity index (χ2n) is 7.70. The third-order valence-corrected chi connectivity index (χ3v) is 5.57. The number of hydrogen-bond acceptors (Lipinski definition) is 6. The number of hydrogen-bond donors (Lipinski definition) is 3. The minimum Gasteiger partial charge on any atom is -0.346 e. The molecule has 1 saturated carbocycles. The molecule has 0 saturated heterocycles. The van der Waals surface area contributed by atoms with Gasteiger partial charge in [-0.3, -0.25) is 14.4 Å². The number of halogens is 1. The van der Waals surface area contributed by atoms with Crippen molar-refractivity contribution in [3.8, 4) is 6.07 Å². The lowest BCUT2D eigenvalue weighted by atomic mass is 10.1. The number of rotatable bonds is 6. The van der Waals surface area contributed by atoms with Crippen LogP contribution in [0.5, 0.6) is 0 Å². The van der Waals surface area contributed by atoms with Gasteiger partial charge in [0.25, 0.3) is 17.6 Å². The Bertz CT molecular complexity index is 1280. The Hall–Kier alpha value is -4.33. The number of ketones is 1. The van der Waals surface area contributed by atoms with Crippen molar-refractivity contribution in [2.75, 3.05) is 5.32 Å². The van der Waals surface area contributed by atoms with Crippen LogP contribution in [0.1, 0.15) is 45.4 Å². The fourth-order valence-corrected chi connectivity index (χ4v) is 3.62. The molecule has 0 radical (unpaired) electrons. The smallest absolute Gasteiger partial charge is 0.293 e. The summed E-state index contributed by atoms with van der Waals surface area (Å²) in [6.07, 6.45) is 3.51. The van der Waals surface area contributed by atoms with E-state index in [9.17, 15) is 18.8 Å². The van der Waals surface area contributed by atoms with Crippen LogP contribution in [0.4, 0.5) is 10.1 Å². The molecule has 0 unspecified atom stereocenters. The minimum atomic E-state index is -0.813. The molecule has 3 aromatic rings. The number of carbonyl (C=O) groups is 3. The first-order chi connectivity index (χ1) is 15.2. The van der Waals surface area contributed by atoms with Crippen LogP contribution in [0.15, 0.2) is 36.7 Å². The molecule has 3 N–H and O–H groups in total. The summed E-state index contributed by atoms with van der Waals surface area (Å²) in [4.78, 5) is 38.0. The average Bonchev–Trinajstić information content (AvgIpc) is 3.16. The van der Waals surface area contributed by atoms with E-state index in [1.807, 2.05) is 6.92 Å². The molecule has 1 fully saturated rings. The SMILES string of the molecule is C[C@@H]1C[C@]1(NC(=O)C(=O)c1cc(C(=O)Nc2ccc(F)c(C#N)c2)n(C)c1)c1cn[nH]n1. The van der Waals surface area contributed by atoms with Gasteiger partial charge in [-0.1, -0.05) is 6.92 Å². The lowest BCUT2D eigenvalue weighted by Gasteiger charge is -2.15. The number of Topliss-reactive ketones (excluding diaryl/α,β-unsaturated/α-hetero) is 1. The number of aromatic nitrogens is 4. The summed E-state index contributed by atoms with van der Waals surface area (Å²) in [6, 6.07) is 6.59. The highest BCUT2D eigenvalue weighted by Crippen LogP contribution is 2.50. The fraction of sp³-hybridized carbons (Fsp3) is 0.238. The van der Waals surface area contributed by atoms with Crippen molar-refractivity contribution in [3.63, 3.8) is 0 Å². The van der Waals surface area contributed by atoms with Crippen LogP contribution in [0, 0.1) is 23.1 Å². The van der Waals surface area contributed by atoms with E-state index in [2.05, 4.69) is 26.0 Å². The van der Waals surface area contributed by atoms with Crippen molar-refractivity contribution < 1.29 is 18.8 Å². The summed E-state index contributed by atoms with van der Waals surface area (Å²) < 4.78 is 14.9. The maximum Gasteiger partial charge on any atom is 0.293 e. The number of amides is 2. The monoisotopic (exact) mass is 435 g/mol. The van der Waals surface area contributed by atoms with Gasteiger partial charge in [0, 0.05) is 24.5 Å². The van der Waals surface area contributed by atoms with E-state index in [1.165, 1.54) is 35.2 Å². The standard InChI is InChI=1S/C21H18FN7O3/c1-11-7-21(11,17-9-24-28-27-17)26-20(32)18(30)13-6-16(29(2)10-13)19(31)25-14-3-4-15(22)12(5-14)8-23/h3-6,9-11H,7H2,1-2H3,(H,25,31)(H,26,32)(H,24,27,28)/t11-,21-/m1/s1. The van der Waals surface area contributed by atoms with Crippen molar-refractivity contribution >= 4 is 23.3 Å². The van der Waals surface area contributed by atoms with Gasteiger partial charge in [-0.25, -0.2) is 4.39 Å². The quantitative estimate of drug-likeness (QED) is 0.396.